The van der Waals surface area contributed by atoms with Gasteiger partial charge in [0.25, 0.3) is 5.91 Å². The second-order valence-electron chi connectivity index (χ2n) is 5.73. The van der Waals surface area contributed by atoms with Gasteiger partial charge in [0.1, 0.15) is 0 Å². The summed E-state index contributed by atoms with van der Waals surface area (Å²) in [6, 6.07) is 7.09. The highest BCUT2D eigenvalue weighted by atomic mass is 16.2. The molecule has 0 saturated carbocycles. The third kappa shape index (κ3) is 2.56. The largest absolute Gasteiger partial charge is 0.334 e. The number of hydrogen-bond acceptors (Lipinski definition) is 3. The molecule has 2 fully saturated rings. The summed E-state index contributed by atoms with van der Waals surface area (Å²) in [7, 11) is 0. The number of aryl methyl sites for hydroxylation is 1. The van der Waals surface area contributed by atoms with Crippen LogP contribution in [0.25, 0.3) is 0 Å². The molecule has 0 bridgehead atoms. The van der Waals surface area contributed by atoms with Crippen LogP contribution in [-0.4, -0.2) is 53.3 Å². The van der Waals surface area contributed by atoms with Crippen molar-refractivity contribution < 1.29 is 14.4 Å². The van der Waals surface area contributed by atoms with E-state index in [0.717, 1.165) is 12.8 Å². The van der Waals surface area contributed by atoms with E-state index in [1.807, 2.05) is 24.3 Å². The first-order valence-corrected chi connectivity index (χ1v) is 7.58. The minimum absolute atomic E-state index is 0.0497. The number of carbonyl (C=O) groups excluding carboxylic acids is 3. The molecule has 0 unspecified atom stereocenters. The molecule has 0 atom stereocenters. The van der Waals surface area contributed by atoms with Gasteiger partial charge < -0.3 is 10.2 Å². The Bertz CT molecular complexity index is 590. The maximum Gasteiger partial charge on any atom is 0.324 e. The van der Waals surface area contributed by atoms with Gasteiger partial charge in [-0.25, -0.2) is 4.79 Å². The fourth-order valence-corrected chi connectivity index (χ4v) is 2.87. The standard InChI is InChI=1S/C16H19N3O3/c1-2-3-11-4-6-12(7-5-11)15(21)18-9-13(10-18)19-14(20)8-17-16(19)22/h4-7,13H,2-3,8-10H2,1H3,(H,17,22). The van der Waals surface area contributed by atoms with Gasteiger partial charge in [0.05, 0.1) is 12.6 Å². The van der Waals surface area contributed by atoms with Crippen molar-refractivity contribution in [3.8, 4) is 0 Å². The van der Waals surface area contributed by atoms with E-state index in [1.54, 1.807) is 4.90 Å². The number of urea groups is 1. The Morgan fingerprint density at radius 3 is 2.45 bits per heavy atom. The number of imide groups is 1. The Morgan fingerprint density at radius 1 is 1.23 bits per heavy atom. The molecule has 1 aromatic rings. The summed E-state index contributed by atoms with van der Waals surface area (Å²) in [6.45, 7) is 3.00. The molecule has 2 aliphatic heterocycles. The summed E-state index contributed by atoms with van der Waals surface area (Å²) in [5, 5.41) is 2.50. The van der Waals surface area contributed by atoms with Gasteiger partial charge in [-0.1, -0.05) is 25.5 Å². The predicted octanol–water partition coefficient (Wildman–Crippen LogP) is 1.02. The molecule has 3 rings (SSSR count). The summed E-state index contributed by atoms with van der Waals surface area (Å²) in [6.07, 6.45) is 2.08. The van der Waals surface area contributed by atoms with Crippen LogP contribution in [0.5, 0.6) is 0 Å². The summed E-state index contributed by atoms with van der Waals surface area (Å²) in [5.74, 6) is -0.266. The van der Waals surface area contributed by atoms with E-state index in [9.17, 15) is 14.4 Å². The number of benzene rings is 1. The zero-order valence-electron chi connectivity index (χ0n) is 12.5. The first kappa shape index (κ1) is 14.6. The lowest BCUT2D eigenvalue weighted by Gasteiger charge is -2.42. The predicted molar refractivity (Wildman–Crippen MR) is 80.4 cm³/mol. The van der Waals surface area contributed by atoms with Crippen LogP contribution in [0, 0.1) is 0 Å². The van der Waals surface area contributed by atoms with Crippen molar-refractivity contribution in [3.05, 3.63) is 35.4 Å². The summed E-state index contributed by atoms with van der Waals surface area (Å²) in [5.41, 5.74) is 1.87. The van der Waals surface area contributed by atoms with Gasteiger partial charge in [0.2, 0.25) is 5.91 Å². The Labute approximate surface area is 129 Å². The number of carbonyl (C=O) groups is 3. The lowest BCUT2D eigenvalue weighted by molar-refractivity contribution is -0.128. The highest BCUT2D eigenvalue weighted by molar-refractivity contribution is 6.03. The van der Waals surface area contributed by atoms with Crippen molar-refractivity contribution >= 4 is 17.8 Å². The van der Waals surface area contributed by atoms with Crippen LogP contribution in [0.15, 0.2) is 24.3 Å². The van der Waals surface area contributed by atoms with Crippen LogP contribution in [-0.2, 0) is 11.2 Å². The van der Waals surface area contributed by atoms with Crippen molar-refractivity contribution in [2.75, 3.05) is 19.6 Å². The molecule has 2 heterocycles. The smallest absolute Gasteiger partial charge is 0.324 e. The third-order valence-electron chi connectivity index (χ3n) is 4.13. The molecular formula is C16H19N3O3. The minimum Gasteiger partial charge on any atom is -0.334 e. The molecule has 0 aliphatic carbocycles. The monoisotopic (exact) mass is 301 g/mol. The second kappa shape index (κ2) is 5.79. The summed E-state index contributed by atoms with van der Waals surface area (Å²) in [4.78, 5) is 38.4. The Morgan fingerprint density at radius 2 is 1.91 bits per heavy atom. The lowest BCUT2D eigenvalue weighted by Crippen LogP contribution is -2.62. The normalized spacial score (nSPS) is 18.4. The molecule has 116 valence electrons. The number of hydrogen-bond donors (Lipinski definition) is 1. The molecule has 0 aromatic heterocycles. The van der Waals surface area contributed by atoms with Gasteiger partial charge in [-0.05, 0) is 24.1 Å². The van der Waals surface area contributed by atoms with E-state index in [4.69, 9.17) is 0 Å². The molecule has 4 amide bonds. The number of rotatable bonds is 4. The third-order valence-corrected chi connectivity index (χ3v) is 4.13. The molecule has 1 aromatic carbocycles. The first-order chi connectivity index (χ1) is 10.6. The fourth-order valence-electron chi connectivity index (χ4n) is 2.87. The highest BCUT2D eigenvalue weighted by Gasteiger charge is 2.42. The zero-order chi connectivity index (χ0) is 15.7. The van der Waals surface area contributed by atoms with Gasteiger partial charge in [0, 0.05) is 18.7 Å². The summed E-state index contributed by atoms with van der Waals surface area (Å²) < 4.78 is 0. The number of likely N-dealkylation sites (tertiary alicyclic amines) is 1. The van der Waals surface area contributed by atoms with Gasteiger partial charge >= 0.3 is 6.03 Å². The molecular weight excluding hydrogens is 282 g/mol. The number of amides is 4. The van der Waals surface area contributed by atoms with Crippen LogP contribution in [0.2, 0.25) is 0 Å². The molecule has 0 spiro atoms. The fraction of sp³-hybridized carbons (Fsp3) is 0.438. The van der Waals surface area contributed by atoms with Crippen LogP contribution in [0.4, 0.5) is 4.79 Å². The summed E-state index contributed by atoms with van der Waals surface area (Å²) >= 11 is 0. The highest BCUT2D eigenvalue weighted by Crippen LogP contribution is 2.20. The van der Waals surface area contributed by atoms with Gasteiger partial charge in [-0.2, -0.15) is 0 Å². The molecule has 6 heteroatoms. The molecule has 2 aliphatic rings. The van der Waals surface area contributed by atoms with Crippen molar-refractivity contribution in [1.82, 2.24) is 15.1 Å². The molecule has 1 N–H and O–H groups in total. The van der Waals surface area contributed by atoms with Crippen molar-refractivity contribution in [1.29, 1.82) is 0 Å². The van der Waals surface area contributed by atoms with E-state index in [2.05, 4.69) is 12.2 Å². The average Bonchev–Trinajstić information content (AvgIpc) is 2.79. The van der Waals surface area contributed by atoms with E-state index >= 15 is 0 Å². The molecule has 0 radical (unpaired) electrons. The zero-order valence-corrected chi connectivity index (χ0v) is 12.5. The Kier molecular flexibility index (Phi) is 3.83. The SMILES string of the molecule is CCCc1ccc(C(=O)N2CC(N3C(=O)CNC3=O)C2)cc1. The van der Waals surface area contributed by atoms with Crippen LogP contribution < -0.4 is 5.32 Å². The number of nitrogens with zero attached hydrogens (tertiary/aromatic N) is 2. The van der Waals surface area contributed by atoms with Crippen LogP contribution in [0.1, 0.15) is 29.3 Å². The van der Waals surface area contributed by atoms with Crippen molar-refractivity contribution in [2.45, 2.75) is 25.8 Å². The second-order valence-corrected chi connectivity index (χ2v) is 5.73. The minimum atomic E-state index is -0.356. The molecule has 6 nitrogen and oxygen atoms in total. The number of nitrogens with one attached hydrogen (secondary N) is 1. The van der Waals surface area contributed by atoms with Crippen molar-refractivity contribution in [3.63, 3.8) is 0 Å². The first-order valence-electron chi connectivity index (χ1n) is 7.58. The molecule has 22 heavy (non-hydrogen) atoms. The maximum atomic E-state index is 12.3. The van der Waals surface area contributed by atoms with E-state index < -0.39 is 0 Å². The van der Waals surface area contributed by atoms with E-state index in [0.29, 0.717) is 18.7 Å². The van der Waals surface area contributed by atoms with E-state index in [1.165, 1.54) is 10.5 Å². The maximum absolute atomic E-state index is 12.3. The average molecular weight is 301 g/mol. The van der Waals surface area contributed by atoms with Crippen LogP contribution >= 0.6 is 0 Å². The van der Waals surface area contributed by atoms with Gasteiger partial charge in [-0.15, -0.1) is 0 Å². The van der Waals surface area contributed by atoms with Gasteiger partial charge in [-0.3, -0.25) is 14.5 Å². The Balaban J connectivity index is 1.59. The lowest BCUT2D eigenvalue weighted by atomic mass is 10.0. The van der Waals surface area contributed by atoms with Gasteiger partial charge in [0.15, 0.2) is 0 Å². The quantitative estimate of drug-likeness (QED) is 0.844. The van der Waals surface area contributed by atoms with E-state index in [-0.39, 0.29) is 30.4 Å². The topological polar surface area (TPSA) is 69.7 Å². The van der Waals surface area contributed by atoms with Crippen LogP contribution in [0.3, 0.4) is 0 Å². The molecule has 2 saturated heterocycles. The van der Waals surface area contributed by atoms with Crippen molar-refractivity contribution in [2.24, 2.45) is 0 Å². The Hall–Kier alpha value is -2.37.